The van der Waals surface area contributed by atoms with Crippen LogP contribution in [0.4, 0.5) is 0 Å². The van der Waals surface area contributed by atoms with Gasteiger partial charge in [-0.3, -0.25) is 0 Å². The highest BCUT2D eigenvalue weighted by Gasteiger charge is 2.54. The summed E-state index contributed by atoms with van der Waals surface area (Å²) in [5, 5.41) is 4.56. The summed E-state index contributed by atoms with van der Waals surface area (Å²) < 4.78 is 38.2. The first-order valence-electron chi connectivity index (χ1n) is 14.3. The SMILES string of the molecule is CP(=O)(O)Oc1c2c(c(OP(C)(=O)O)c3c1[C@@H]1C[C@H]3c3cc4ccccc4cc31)[C@H]1C[C@@H]2c2cc3ccccc3cc21. The Labute approximate surface area is 243 Å². The quantitative estimate of drug-likeness (QED) is 0.203. The maximum absolute atomic E-state index is 13.0. The third kappa shape index (κ3) is 3.41. The minimum Gasteiger partial charge on any atom is -0.424 e. The maximum Gasteiger partial charge on any atom is 0.373 e. The zero-order chi connectivity index (χ0) is 28.7. The average molecular weight is 595 g/mol. The summed E-state index contributed by atoms with van der Waals surface area (Å²) in [4.78, 5) is 21.2. The van der Waals surface area contributed by atoms with E-state index >= 15 is 0 Å². The lowest BCUT2D eigenvalue weighted by Gasteiger charge is -2.32. The van der Waals surface area contributed by atoms with Gasteiger partial charge in [-0.05, 0) is 56.6 Å². The molecule has 0 radical (unpaired) electrons. The van der Waals surface area contributed by atoms with Gasteiger partial charge in [0.25, 0.3) is 0 Å². The molecule has 0 saturated heterocycles. The topological polar surface area (TPSA) is 93.1 Å². The highest BCUT2D eigenvalue weighted by molar-refractivity contribution is 7.52. The van der Waals surface area contributed by atoms with E-state index in [4.69, 9.17) is 9.05 Å². The Morgan fingerprint density at radius 3 is 1.05 bits per heavy atom. The lowest BCUT2D eigenvalue weighted by molar-refractivity contribution is 0.376. The van der Waals surface area contributed by atoms with Gasteiger partial charge in [0.2, 0.25) is 0 Å². The van der Waals surface area contributed by atoms with Crippen LogP contribution in [0.1, 0.15) is 81.0 Å². The van der Waals surface area contributed by atoms with Crippen molar-refractivity contribution in [3.05, 3.63) is 117 Å². The van der Waals surface area contributed by atoms with Crippen LogP contribution in [0.5, 0.6) is 11.5 Å². The molecule has 9 rings (SSSR count). The van der Waals surface area contributed by atoms with Gasteiger partial charge >= 0.3 is 15.2 Å². The second-order valence-electron chi connectivity index (χ2n) is 12.4. The van der Waals surface area contributed by atoms with E-state index in [1.807, 2.05) is 24.3 Å². The van der Waals surface area contributed by atoms with Crippen LogP contribution < -0.4 is 9.05 Å². The highest BCUT2D eigenvalue weighted by atomic mass is 31.2. The van der Waals surface area contributed by atoms with Crippen molar-refractivity contribution in [2.45, 2.75) is 36.5 Å². The van der Waals surface area contributed by atoms with Crippen LogP contribution >= 0.6 is 15.2 Å². The number of rotatable bonds is 4. The number of hydrogen-bond acceptors (Lipinski definition) is 4. The normalized spacial score (nSPS) is 25.0. The van der Waals surface area contributed by atoms with Crippen LogP contribution in [0.25, 0.3) is 21.5 Å². The molecule has 0 heterocycles. The molecule has 6 atom stereocenters. The molecular weight excluding hydrogens is 566 g/mol. The first-order chi connectivity index (χ1) is 20.1. The highest BCUT2D eigenvalue weighted by Crippen LogP contribution is 2.71. The monoisotopic (exact) mass is 594 g/mol. The van der Waals surface area contributed by atoms with Gasteiger partial charge in [-0.2, -0.15) is 0 Å². The smallest absolute Gasteiger partial charge is 0.373 e. The zero-order valence-corrected chi connectivity index (χ0v) is 24.9. The first kappa shape index (κ1) is 25.1. The lowest BCUT2D eigenvalue weighted by atomic mass is 9.77. The predicted octanol–water partition coefficient (Wildman–Crippen LogP) is 8.34. The minimum absolute atomic E-state index is 0.0658. The van der Waals surface area contributed by atoms with Crippen molar-refractivity contribution < 1.29 is 28.0 Å². The summed E-state index contributed by atoms with van der Waals surface area (Å²) >= 11 is 0. The summed E-state index contributed by atoms with van der Waals surface area (Å²) in [5.41, 5.74) is 8.11. The summed E-state index contributed by atoms with van der Waals surface area (Å²) in [7, 11) is -7.89. The van der Waals surface area contributed by atoms with E-state index in [2.05, 4.69) is 48.5 Å². The molecule has 5 aromatic rings. The van der Waals surface area contributed by atoms with Crippen molar-refractivity contribution in [3.63, 3.8) is 0 Å². The van der Waals surface area contributed by atoms with Crippen molar-refractivity contribution in [2.24, 2.45) is 0 Å². The molecule has 0 spiro atoms. The molecule has 4 aliphatic carbocycles. The van der Waals surface area contributed by atoms with Crippen LogP contribution in [0.2, 0.25) is 0 Å². The molecule has 0 fully saturated rings. The molecule has 0 aliphatic heterocycles. The largest absolute Gasteiger partial charge is 0.424 e. The predicted molar refractivity (Wildman–Crippen MR) is 164 cm³/mol. The van der Waals surface area contributed by atoms with Gasteiger partial charge < -0.3 is 18.8 Å². The van der Waals surface area contributed by atoms with Crippen LogP contribution in [0, 0.1) is 0 Å². The third-order valence-electron chi connectivity index (χ3n) is 9.82. The van der Waals surface area contributed by atoms with E-state index in [0.717, 1.165) is 56.6 Å². The molecule has 42 heavy (non-hydrogen) atoms. The van der Waals surface area contributed by atoms with Crippen LogP contribution in [-0.4, -0.2) is 23.1 Å². The fraction of sp³-hybridized carbons (Fsp3) is 0.235. The van der Waals surface area contributed by atoms with Crippen LogP contribution in [-0.2, 0) is 9.13 Å². The third-order valence-corrected chi connectivity index (χ3v) is 10.9. The van der Waals surface area contributed by atoms with Crippen molar-refractivity contribution in [1.82, 2.24) is 0 Å². The van der Waals surface area contributed by atoms with E-state index in [9.17, 15) is 18.9 Å². The van der Waals surface area contributed by atoms with Crippen molar-refractivity contribution in [1.29, 1.82) is 0 Å². The molecule has 2 N–H and O–H groups in total. The Hall–Kier alpha value is -3.40. The molecule has 210 valence electrons. The number of benzene rings is 5. The Bertz CT molecular complexity index is 1870. The fourth-order valence-electron chi connectivity index (χ4n) is 8.53. The van der Waals surface area contributed by atoms with Gasteiger partial charge in [0.05, 0.1) is 0 Å². The van der Waals surface area contributed by atoms with Gasteiger partial charge in [0.15, 0.2) is 0 Å². The van der Waals surface area contributed by atoms with Gasteiger partial charge in [-0.25, -0.2) is 9.13 Å². The number of fused-ring (bicyclic) bond motifs is 18. The van der Waals surface area contributed by atoms with Gasteiger partial charge in [-0.15, -0.1) is 0 Å². The Morgan fingerprint density at radius 1 is 0.548 bits per heavy atom. The summed E-state index contributed by atoms with van der Waals surface area (Å²) in [6.07, 6.45) is 1.53. The lowest BCUT2D eigenvalue weighted by Crippen LogP contribution is -2.15. The Kier molecular flexibility index (Phi) is 4.88. The standard InChI is InChI=1S/C34H28O6P2/c1-41(35,36)39-33-29-25-15-27(23-13-19-9-5-3-7-17(19)11-21(23)25)31(29)34(40-42(2,37)38)32-28-16-26(30(32)33)22-12-18-8-4-6-10-20(18)14-24(22)28/h3-14,25-28H,15-16H2,1-2H3,(H,35,36)(H,37,38)/t25-,26-,27+,28+. The van der Waals surface area contributed by atoms with Gasteiger partial charge in [-0.1, -0.05) is 72.8 Å². The van der Waals surface area contributed by atoms with E-state index in [0.29, 0.717) is 11.5 Å². The molecular formula is C34H28O6P2. The first-order valence-corrected chi connectivity index (χ1v) is 18.4. The molecule has 6 nitrogen and oxygen atoms in total. The number of hydrogen-bond donors (Lipinski definition) is 2. The van der Waals surface area contributed by atoms with Crippen LogP contribution in [0.15, 0.2) is 72.8 Å². The van der Waals surface area contributed by atoms with E-state index in [-0.39, 0.29) is 23.7 Å². The van der Waals surface area contributed by atoms with Crippen LogP contribution in [0.3, 0.4) is 0 Å². The van der Waals surface area contributed by atoms with E-state index in [1.165, 1.54) is 35.6 Å². The second-order valence-corrected chi connectivity index (χ2v) is 16.0. The molecule has 4 bridgehead atoms. The Morgan fingerprint density at radius 2 is 0.810 bits per heavy atom. The molecule has 0 saturated carbocycles. The van der Waals surface area contributed by atoms with E-state index < -0.39 is 15.2 Å². The Balaban J connectivity index is 1.36. The van der Waals surface area contributed by atoms with Crippen molar-refractivity contribution >= 4 is 36.7 Å². The fourth-order valence-corrected chi connectivity index (χ4v) is 9.60. The zero-order valence-electron chi connectivity index (χ0n) is 23.1. The van der Waals surface area contributed by atoms with E-state index in [1.54, 1.807) is 0 Å². The van der Waals surface area contributed by atoms with Crippen molar-refractivity contribution in [2.75, 3.05) is 13.3 Å². The molecule has 2 unspecified atom stereocenters. The summed E-state index contributed by atoms with van der Waals surface area (Å²) in [5.74, 6) is 0.685. The summed E-state index contributed by atoms with van der Waals surface area (Å²) in [6.45, 7) is 2.46. The van der Waals surface area contributed by atoms with Crippen molar-refractivity contribution in [3.8, 4) is 11.5 Å². The molecule has 5 aromatic carbocycles. The molecule has 4 aliphatic rings. The second kappa shape index (κ2) is 8.15. The van der Waals surface area contributed by atoms with Gasteiger partial charge in [0.1, 0.15) is 11.5 Å². The summed E-state index contributed by atoms with van der Waals surface area (Å²) in [6, 6.07) is 25.4. The maximum atomic E-state index is 13.0. The molecule has 0 aromatic heterocycles. The molecule has 0 amide bonds. The molecule has 8 heteroatoms. The minimum atomic E-state index is -3.94. The van der Waals surface area contributed by atoms with Gasteiger partial charge in [0, 0.05) is 59.3 Å². The average Bonchev–Trinajstić information content (AvgIpc) is 3.69.